The highest BCUT2D eigenvalue weighted by molar-refractivity contribution is 5.66. The summed E-state index contributed by atoms with van der Waals surface area (Å²) in [7, 11) is 1.50. The number of esters is 1. The Balaban J connectivity index is 2.17. The topological polar surface area (TPSA) is 108 Å². The maximum Gasteiger partial charge on any atom is 0.302 e. The van der Waals surface area contributed by atoms with Gasteiger partial charge in [0.05, 0.1) is 19.3 Å². The average Bonchev–Trinajstić information content (AvgIpc) is 2.73. The highest BCUT2D eigenvalue weighted by Gasteiger charge is 2.28. The van der Waals surface area contributed by atoms with E-state index < -0.39 is 12.2 Å². The Morgan fingerprint density at radius 3 is 2.81 bits per heavy atom. The summed E-state index contributed by atoms with van der Waals surface area (Å²) < 4.78 is 10.8. The molecule has 0 fully saturated rings. The summed E-state index contributed by atoms with van der Waals surface area (Å²) >= 11 is 0. The number of ether oxygens (including phenoxy) is 2. The smallest absolute Gasteiger partial charge is 0.302 e. The first kappa shape index (κ1) is 26.0. The van der Waals surface area contributed by atoms with Gasteiger partial charge in [0.15, 0.2) is 11.5 Å². The monoisotopic (exact) mass is 447 g/mol. The molecule has 0 saturated heterocycles. The van der Waals surface area contributed by atoms with Crippen LogP contribution >= 0.6 is 0 Å². The van der Waals surface area contributed by atoms with Crippen LogP contribution in [0.5, 0.6) is 11.5 Å². The third kappa shape index (κ3) is 9.07. The molecule has 1 aromatic rings. The number of aliphatic hydroxyl groups is 2. The molecule has 4 N–H and O–H groups in total. The Hall–Kier alpha value is -2.27. The number of nitrogens with one attached hydrogen (secondary N) is 1. The van der Waals surface area contributed by atoms with Gasteiger partial charge in [0.2, 0.25) is 0 Å². The fourth-order valence-corrected chi connectivity index (χ4v) is 4.03. The van der Waals surface area contributed by atoms with Gasteiger partial charge in [-0.2, -0.15) is 0 Å². The Bertz CT molecular complexity index is 784. The number of hydrogen-bond acceptors (Lipinski definition) is 7. The van der Waals surface area contributed by atoms with Gasteiger partial charge in [-0.1, -0.05) is 12.0 Å². The highest BCUT2D eigenvalue weighted by atomic mass is 16.5. The van der Waals surface area contributed by atoms with E-state index in [1.807, 2.05) is 6.07 Å². The maximum atomic E-state index is 11.7. The quantitative estimate of drug-likeness (QED) is 0.262. The van der Waals surface area contributed by atoms with Gasteiger partial charge in [0, 0.05) is 38.1 Å². The van der Waals surface area contributed by atoms with Crippen molar-refractivity contribution in [3.8, 4) is 23.3 Å². The predicted molar refractivity (Wildman–Crippen MR) is 122 cm³/mol. The number of aliphatic hydroxyl groups excluding tert-OH is 2. The van der Waals surface area contributed by atoms with Crippen molar-refractivity contribution in [3.05, 3.63) is 23.8 Å². The predicted octanol–water partition coefficient (Wildman–Crippen LogP) is 2.41. The molecule has 178 valence electrons. The van der Waals surface area contributed by atoms with Gasteiger partial charge in [-0.25, -0.2) is 0 Å². The van der Waals surface area contributed by atoms with E-state index in [-0.39, 0.29) is 29.7 Å². The van der Waals surface area contributed by atoms with Crippen LogP contribution in [0.25, 0.3) is 0 Å². The van der Waals surface area contributed by atoms with E-state index in [1.54, 1.807) is 19.1 Å². The van der Waals surface area contributed by atoms with Crippen LogP contribution in [-0.4, -0.2) is 59.8 Å². The van der Waals surface area contributed by atoms with Crippen LogP contribution in [0.4, 0.5) is 0 Å². The van der Waals surface area contributed by atoms with Crippen LogP contribution in [0.15, 0.2) is 18.2 Å². The van der Waals surface area contributed by atoms with Crippen molar-refractivity contribution in [2.24, 2.45) is 11.8 Å². The number of phenolic OH excluding ortho intramolecular Hbond substituents is 1. The van der Waals surface area contributed by atoms with E-state index in [2.05, 4.69) is 17.2 Å². The van der Waals surface area contributed by atoms with Gasteiger partial charge >= 0.3 is 5.97 Å². The molecular weight excluding hydrogens is 410 g/mol. The molecule has 0 unspecified atom stereocenters. The van der Waals surface area contributed by atoms with Crippen molar-refractivity contribution in [1.82, 2.24) is 5.32 Å². The molecule has 0 heterocycles. The van der Waals surface area contributed by atoms with E-state index in [4.69, 9.17) is 9.47 Å². The van der Waals surface area contributed by atoms with E-state index in [1.165, 1.54) is 14.0 Å². The van der Waals surface area contributed by atoms with Crippen molar-refractivity contribution in [1.29, 1.82) is 0 Å². The Labute approximate surface area is 191 Å². The zero-order valence-corrected chi connectivity index (χ0v) is 19.3. The molecule has 0 radical (unpaired) electrons. The first-order chi connectivity index (χ1) is 15.3. The number of rotatable bonds is 9. The minimum atomic E-state index is -0.580. The molecule has 5 atom stereocenters. The number of carbonyl (C=O) groups is 1. The molecule has 7 nitrogen and oxygen atoms in total. The third-order valence-electron chi connectivity index (χ3n) is 5.72. The number of hydrogen-bond donors (Lipinski definition) is 4. The van der Waals surface area contributed by atoms with Crippen molar-refractivity contribution in [2.75, 3.05) is 20.2 Å². The second-order valence-electron chi connectivity index (χ2n) is 8.65. The molecular formula is C25H37NO6. The van der Waals surface area contributed by atoms with Crippen molar-refractivity contribution < 1.29 is 29.6 Å². The normalized spacial score (nSPS) is 24.7. The molecule has 0 spiro atoms. The second kappa shape index (κ2) is 13.3. The van der Waals surface area contributed by atoms with E-state index in [0.29, 0.717) is 38.0 Å². The average molecular weight is 448 g/mol. The summed E-state index contributed by atoms with van der Waals surface area (Å²) in [4.78, 5) is 11.7. The molecule has 0 amide bonds. The summed E-state index contributed by atoms with van der Waals surface area (Å²) in [5.41, 5.74) is 0.939. The number of phenols is 1. The lowest BCUT2D eigenvalue weighted by Gasteiger charge is -2.29. The summed E-state index contributed by atoms with van der Waals surface area (Å²) in [5, 5.41) is 33.1. The number of benzene rings is 1. The van der Waals surface area contributed by atoms with Crippen LogP contribution in [0.2, 0.25) is 0 Å². The molecule has 2 rings (SSSR count). The fraction of sp³-hybridized carbons (Fsp3) is 0.640. The summed E-state index contributed by atoms with van der Waals surface area (Å²) in [6.07, 6.45) is 2.29. The second-order valence-corrected chi connectivity index (χ2v) is 8.65. The van der Waals surface area contributed by atoms with Crippen LogP contribution in [0.1, 0.15) is 51.5 Å². The van der Waals surface area contributed by atoms with Gasteiger partial charge in [-0.15, -0.1) is 5.92 Å². The minimum absolute atomic E-state index is 0.0704. The Morgan fingerprint density at radius 1 is 1.34 bits per heavy atom. The van der Waals surface area contributed by atoms with Gasteiger partial charge in [-0.3, -0.25) is 4.79 Å². The molecule has 0 saturated carbocycles. The van der Waals surface area contributed by atoms with Gasteiger partial charge < -0.3 is 30.1 Å². The number of aromatic hydroxyl groups is 1. The van der Waals surface area contributed by atoms with Crippen LogP contribution < -0.4 is 10.1 Å². The summed E-state index contributed by atoms with van der Waals surface area (Å²) in [6, 6.07) is 5.19. The molecule has 7 heteroatoms. The zero-order chi connectivity index (χ0) is 23.5. The molecule has 1 aromatic carbocycles. The SMILES string of the molecule is COc1cc(C[C@H]2CC#C[C@@H](CCNC[C@H](C)O)CC[C@H](O)C[C@@H]2OC(C)=O)ccc1O. The van der Waals surface area contributed by atoms with Crippen molar-refractivity contribution in [2.45, 2.75) is 70.7 Å². The lowest BCUT2D eigenvalue weighted by molar-refractivity contribution is -0.150. The van der Waals surface area contributed by atoms with Crippen molar-refractivity contribution >= 4 is 5.97 Å². The van der Waals surface area contributed by atoms with Crippen LogP contribution in [-0.2, 0) is 16.0 Å². The highest BCUT2D eigenvalue weighted by Crippen LogP contribution is 2.30. The largest absolute Gasteiger partial charge is 0.504 e. The molecule has 0 aliphatic heterocycles. The summed E-state index contributed by atoms with van der Waals surface area (Å²) in [5.74, 6) is 6.80. The number of methoxy groups -OCH3 is 1. The lowest BCUT2D eigenvalue weighted by atomic mass is 9.85. The molecule has 32 heavy (non-hydrogen) atoms. The first-order valence-corrected chi connectivity index (χ1v) is 11.4. The van der Waals surface area contributed by atoms with Crippen LogP contribution in [0, 0.1) is 23.7 Å². The Morgan fingerprint density at radius 2 is 2.12 bits per heavy atom. The lowest BCUT2D eigenvalue weighted by Crippen LogP contribution is -2.32. The fourth-order valence-electron chi connectivity index (χ4n) is 4.03. The third-order valence-corrected chi connectivity index (χ3v) is 5.72. The molecule has 1 aliphatic carbocycles. The van der Waals surface area contributed by atoms with E-state index in [0.717, 1.165) is 24.9 Å². The van der Waals surface area contributed by atoms with E-state index in [9.17, 15) is 20.1 Å². The molecule has 0 aromatic heterocycles. The van der Waals surface area contributed by atoms with Gasteiger partial charge in [-0.05, 0) is 56.8 Å². The zero-order valence-electron chi connectivity index (χ0n) is 19.3. The summed E-state index contributed by atoms with van der Waals surface area (Å²) in [6.45, 7) is 4.43. The number of carbonyl (C=O) groups excluding carboxylic acids is 1. The maximum absolute atomic E-state index is 11.7. The standard InChI is InChI=1S/C25H37NO6/c1-17(27)16-26-12-11-19-5-4-6-21(13-20-8-10-23(30)25(14-20)31-3)24(32-18(2)28)15-22(29)9-7-19/h8,10,14,17,19,21-22,24,26-27,29-30H,6-7,9,11-13,15-16H2,1-3H3/t17-,19+,21+,22-,24-/m0/s1. The van der Waals surface area contributed by atoms with Crippen molar-refractivity contribution in [3.63, 3.8) is 0 Å². The first-order valence-electron chi connectivity index (χ1n) is 11.4. The van der Waals surface area contributed by atoms with Gasteiger partial charge in [0.1, 0.15) is 6.10 Å². The van der Waals surface area contributed by atoms with E-state index >= 15 is 0 Å². The molecule has 0 bridgehead atoms. The molecule has 1 aliphatic rings. The van der Waals surface area contributed by atoms with Gasteiger partial charge in [0.25, 0.3) is 0 Å². The Kier molecular flexibility index (Phi) is 10.8. The van der Waals surface area contributed by atoms with Crippen LogP contribution in [0.3, 0.4) is 0 Å². The minimum Gasteiger partial charge on any atom is -0.504 e.